The van der Waals surface area contributed by atoms with Crippen LogP contribution >= 0.6 is 0 Å². The number of ether oxygens (including phenoxy) is 2. The summed E-state index contributed by atoms with van der Waals surface area (Å²) in [5, 5.41) is 26.3. The van der Waals surface area contributed by atoms with Crippen molar-refractivity contribution in [3.63, 3.8) is 0 Å². The third kappa shape index (κ3) is 4.68. The van der Waals surface area contributed by atoms with E-state index in [2.05, 4.69) is 10.2 Å². The van der Waals surface area contributed by atoms with Gasteiger partial charge in [-0.15, -0.1) is 10.2 Å². The molecule has 1 atom stereocenters. The van der Waals surface area contributed by atoms with Gasteiger partial charge >= 0.3 is 12.2 Å². The second-order valence-electron chi connectivity index (χ2n) is 6.49. The van der Waals surface area contributed by atoms with Crippen LogP contribution in [-0.2, 0) is 0 Å². The van der Waals surface area contributed by atoms with Crippen LogP contribution in [0.5, 0.6) is 11.5 Å². The van der Waals surface area contributed by atoms with E-state index in [0.29, 0.717) is 35.3 Å². The van der Waals surface area contributed by atoms with Gasteiger partial charge in [-0.1, -0.05) is 0 Å². The molecule has 1 saturated heterocycles. The molecule has 1 aromatic carbocycles. The Morgan fingerprint density at radius 2 is 2.00 bits per heavy atom. The molecular weight excluding hydrogens is 384 g/mol. The van der Waals surface area contributed by atoms with E-state index in [1.165, 1.54) is 16.9 Å². The summed E-state index contributed by atoms with van der Waals surface area (Å²) in [6, 6.07) is 4.68. The molecule has 2 heterocycles. The minimum Gasteiger partial charge on any atom is -0.493 e. The molecule has 1 aromatic heterocycles. The predicted molar refractivity (Wildman–Crippen MR) is 99.3 cm³/mol. The lowest BCUT2D eigenvalue weighted by molar-refractivity contribution is 0.0561. The molecule has 0 aliphatic carbocycles. The number of aryl methyl sites for hydroxylation is 1. The topological polar surface area (TPSA) is 138 Å². The Labute approximate surface area is 166 Å². The highest BCUT2D eigenvalue weighted by Crippen LogP contribution is 2.32. The molecule has 3 rings (SSSR count). The fraction of sp³-hybridized carbons (Fsp3) is 0.444. The molecule has 2 N–H and O–H groups in total. The normalized spacial score (nSPS) is 16.6. The van der Waals surface area contributed by atoms with Crippen molar-refractivity contribution in [1.82, 2.24) is 20.0 Å². The first-order chi connectivity index (χ1) is 13.9. The Balaban J connectivity index is 1.65. The van der Waals surface area contributed by atoms with E-state index in [1.54, 1.807) is 25.1 Å². The van der Waals surface area contributed by atoms with Crippen molar-refractivity contribution < 1.29 is 33.7 Å². The second-order valence-corrected chi connectivity index (χ2v) is 6.49. The molecule has 29 heavy (non-hydrogen) atoms. The number of hydrogen-bond donors (Lipinski definition) is 2. The first-order valence-electron chi connectivity index (χ1n) is 8.97. The first-order valence-corrected chi connectivity index (χ1v) is 8.97. The number of hydrogen-bond acceptors (Lipinski definition) is 7. The van der Waals surface area contributed by atoms with E-state index >= 15 is 0 Å². The quantitative estimate of drug-likeness (QED) is 0.739. The SMILES string of the molecule is COc1cc(-c2nnc(C)o2)ccc1OCC[C@@H]1CN(C(=O)O)CCN1C(=O)O. The Morgan fingerprint density at radius 1 is 1.21 bits per heavy atom. The van der Waals surface area contributed by atoms with Crippen molar-refractivity contribution in [2.45, 2.75) is 19.4 Å². The Bertz CT molecular complexity index is 885. The second kappa shape index (κ2) is 8.67. The van der Waals surface area contributed by atoms with Gasteiger partial charge in [-0.2, -0.15) is 0 Å². The van der Waals surface area contributed by atoms with Crippen molar-refractivity contribution in [1.29, 1.82) is 0 Å². The number of nitrogens with zero attached hydrogens (tertiary/aromatic N) is 4. The lowest BCUT2D eigenvalue weighted by Gasteiger charge is -2.38. The lowest BCUT2D eigenvalue weighted by atomic mass is 10.1. The number of carboxylic acid groups (broad SMARTS) is 2. The summed E-state index contributed by atoms with van der Waals surface area (Å²) < 4.78 is 16.5. The van der Waals surface area contributed by atoms with Gasteiger partial charge in [0.2, 0.25) is 11.8 Å². The highest BCUT2D eigenvalue weighted by atomic mass is 16.5. The number of rotatable bonds is 6. The van der Waals surface area contributed by atoms with Crippen LogP contribution in [0.25, 0.3) is 11.5 Å². The molecule has 0 saturated carbocycles. The summed E-state index contributed by atoms with van der Waals surface area (Å²) in [4.78, 5) is 25.1. The Morgan fingerprint density at radius 3 is 2.62 bits per heavy atom. The molecule has 2 amide bonds. The predicted octanol–water partition coefficient (Wildman–Crippen LogP) is 2.16. The molecule has 1 aliphatic rings. The van der Waals surface area contributed by atoms with Gasteiger partial charge in [0.05, 0.1) is 19.8 Å². The van der Waals surface area contributed by atoms with E-state index in [9.17, 15) is 14.7 Å². The zero-order chi connectivity index (χ0) is 21.0. The molecule has 156 valence electrons. The van der Waals surface area contributed by atoms with Crippen LogP contribution in [-0.4, -0.2) is 81.8 Å². The maximum absolute atomic E-state index is 11.4. The number of amides is 2. The maximum atomic E-state index is 11.4. The van der Waals surface area contributed by atoms with Crippen molar-refractivity contribution in [2.24, 2.45) is 0 Å². The average molecular weight is 406 g/mol. The summed E-state index contributed by atoms with van der Waals surface area (Å²) in [7, 11) is 1.50. The van der Waals surface area contributed by atoms with Gasteiger partial charge in [-0.05, 0) is 18.2 Å². The van der Waals surface area contributed by atoms with Crippen LogP contribution in [0.3, 0.4) is 0 Å². The molecule has 1 aliphatic heterocycles. The lowest BCUT2D eigenvalue weighted by Crippen LogP contribution is -2.56. The summed E-state index contributed by atoms with van der Waals surface area (Å²) in [6.07, 6.45) is -1.80. The third-order valence-electron chi connectivity index (χ3n) is 4.64. The maximum Gasteiger partial charge on any atom is 0.407 e. The fourth-order valence-corrected chi connectivity index (χ4v) is 3.17. The summed E-state index contributed by atoms with van der Waals surface area (Å²) in [6.45, 7) is 2.29. The van der Waals surface area contributed by atoms with Gasteiger partial charge in [0.25, 0.3) is 0 Å². The van der Waals surface area contributed by atoms with Crippen molar-refractivity contribution in [3.05, 3.63) is 24.1 Å². The minimum atomic E-state index is -1.07. The monoisotopic (exact) mass is 406 g/mol. The molecule has 0 bridgehead atoms. The average Bonchev–Trinajstić information content (AvgIpc) is 3.14. The van der Waals surface area contributed by atoms with Gasteiger partial charge in [0, 0.05) is 38.5 Å². The molecule has 11 heteroatoms. The van der Waals surface area contributed by atoms with Gasteiger partial charge in [0.15, 0.2) is 11.5 Å². The number of piperazine rings is 1. The molecule has 1 fully saturated rings. The summed E-state index contributed by atoms with van der Waals surface area (Å²) >= 11 is 0. The van der Waals surface area contributed by atoms with Gasteiger partial charge in [-0.3, -0.25) is 0 Å². The highest BCUT2D eigenvalue weighted by Gasteiger charge is 2.32. The van der Waals surface area contributed by atoms with Crippen LogP contribution in [0.4, 0.5) is 9.59 Å². The zero-order valence-corrected chi connectivity index (χ0v) is 16.1. The summed E-state index contributed by atoms with van der Waals surface area (Å²) in [5.41, 5.74) is 0.677. The Hall–Kier alpha value is -3.50. The van der Waals surface area contributed by atoms with Gasteiger partial charge in [0.1, 0.15) is 0 Å². The molecule has 0 spiro atoms. The summed E-state index contributed by atoms with van der Waals surface area (Å²) in [5.74, 6) is 1.75. The van der Waals surface area contributed by atoms with Crippen LogP contribution in [0.1, 0.15) is 12.3 Å². The zero-order valence-electron chi connectivity index (χ0n) is 16.1. The van der Waals surface area contributed by atoms with Crippen LogP contribution in [0, 0.1) is 6.92 Å². The standard InChI is InChI=1S/C18H22N4O7/c1-11-19-20-16(29-11)12-3-4-14(15(9-12)27-2)28-8-5-13-10-21(17(23)24)6-7-22(13)18(25)26/h3-4,9,13H,5-8,10H2,1-2H3,(H,23,24)(H,25,26)/t13-/m1/s1. The minimum absolute atomic E-state index is 0.109. The molecular formula is C18H22N4O7. The van der Waals surface area contributed by atoms with E-state index in [-0.39, 0.29) is 26.2 Å². The first kappa shape index (κ1) is 20.2. The van der Waals surface area contributed by atoms with Gasteiger partial charge in [-0.25, -0.2) is 9.59 Å². The largest absolute Gasteiger partial charge is 0.493 e. The van der Waals surface area contributed by atoms with Crippen molar-refractivity contribution >= 4 is 12.2 Å². The number of aromatic nitrogens is 2. The highest BCUT2D eigenvalue weighted by molar-refractivity contribution is 5.68. The molecule has 11 nitrogen and oxygen atoms in total. The van der Waals surface area contributed by atoms with Crippen LogP contribution in [0.15, 0.2) is 22.6 Å². The molecule has 0 radical (unpaired) electrons. The Kier molecular flexibility index (Phi) is 6.05. The van der Waals surface area contributed by atoms with E-state index in [1.807, 2.05) is 0 Å². The third-order valence-corrected chi connectivity index (χ3v) is 4.64. The van der Waals surface area contributed by atoms with Crippen LogP contribution in [0.2, 0.25) is 0 Å². The van der Waals surface area contributed by atoms with Crippen molar-refractivity contribution in [3.8, 4) is 23.0 Å². The number of benzene rings is 1. The number of carbonyl (C=O) groups is 2. The molecule has 2 aromatic rings. The smallest absolute Gasteiger partial charge is 0.407 e. The fourth-order valence-electron chi connectivity index (χ4n) is 3.17. The van der Waals surface area contributed by atoms with Gasteiger partial charge < -0.3 is 33.9 Å². The van der Waals surface area contributed by atoms with E-state index in [0.717, 1.165) is 0 Å². The van der Waals surface area contributed by atoms with E-state index < -0.39 is 18.2 Å². The van der Waals surface area contributed by atoms with Crippen molar-refractivity contribution in [2.75, 3.05) is 33.4 Å². The number of methoxy groups -OCH3 is 1. The molecule has 0 unspecified atom stereocenters. The van der Waals surface area contributed by atoms with E-state index in [4.69, 9.17) is 19.0 Å². The van der Waals surface area contributed by atoms with Crippen LogP contribution < -0.4 is 9.47 Å².